The van der Waals surface area contributed by atoms with E-state index in [-0.39, 0.29) is 28.0 Å². The lowest BCUT2D eigenvalue weighted by Crippen LogP contribution is -2.20. The molecule has 0 fully saturated rings. The van der Waals surface area contributed by atoms with Crippen molar-refractivity contribution in [3.8, 4) is 5.75 Å². The molecule has 1 N–H and O–H groups in total. The Labute approximate surface area is 129 Å². The van der Waals surface area contributed by atoms with E-state index in [9.17, 15) is 16.8 Å². The number of rotatable bonds is 6. The highest BCUT2D eigenvalue weighted by Crippen LogP contribution is 2.36. The SMILES string of the molecule is COc1c(NS(=O)(=O)CC(C)C)cc(C)cc1S(=O)(=O)Cl. The van der Waals surface area contributed by atoms with E-state index in [4.69, 9.17) is 15.4 Å². The lowest BCUT2D eigenvalue weighted by molar-refractivity contribution is 0.405. The molecule has 0 aliphatic heterocycles. The predicted molar refractivity (Wildman–Crippen MR) is 83.0 cm³/mol. The fourth-order valence-electron chi connectivity index (χ4n) is 1.86. The Morgan fingerprint density at radius 1 is 1.24 bits per heavy atom. The molecular formula is C12H18ClNO5S2. The Kier molecular flexibility index (Phi) is 5.51. The number of methoxy groups -OCH3 is 1. The van der Waals surface area contributed by atoms with Crippen LogP contribution in [-0.4, -0.2) is 29.7 Å². The third kappa shape index (κ3) is 5.05. The standard InChI is InChI=1S/C12H18ClNO5S2/c1-8(2)7-20(15,16)14-10-5-9(3)6-11(12(10)19-4)21(13,17)18/h5-6,8,14H,7H2,1-4H3. The van der Waals surface area contributed by atoms with Crippen LogP contribution in [0, 0.1) is 12.8 Å². The molecular weight excluding hydrogens is 338 g/mol. The molecule has 6 nitrogen and oxygen atoms in total. The Hall–Kier alpha value is -0.990. The van der Waals surface area contributed by atoms with Crippen molar-refractivity contribution in [3.05, 3.63) is 17.7 Å². The molecule has 1 rings (SSSR count). The maximum Gasteiger partial charge on any atom is 0.265 e. The van der Waals surface area contributed by atoms with Gasteiger partial charge in [-0.15, -0.1) is 0 Å². The zero-order valence-electron chi connectivity index (χ0n) is 12.2. The van der Waals surface area contributed by atoms with E-state index in [1.54, 1.807) is 20.8 Å². The third-order valence-corrected chi connectivity index (χ3v) is 5.45. The van der Waals surface area contributed by atoms with E-state index in [1.165, 1.54) is 19.2 Å². The number of anilines is 1. The summed E-state index contributed by atoms with van der Waals surface area (Å²) in [6.45, 7) is 5.16. The van der Waals surface area contributed by atoms with Crippen LogP contribution in [0.1, 0.15) is 19.4 Å². The smallest absolute Gasteiger partial charge is 0.265 e. The monoisotopic (exact) mass is 355 g/mol. The van der Waals surface area contributed by atoms with E-state index in [0.717, 1.165) is 0 Å². The Morgan fingerprint density at radius 2 is 1.81 bits per heavy atom. The lowest BCUT2D eigenvalue weighted by Gasteiger charge is -2.16. The fraction of sp³-hybridized carbons (Fsp3) is 0.500. The summed E-state index contributed by atoms with van der Waals surface area (Å²) >= 11 is 0. The quantitative estimate of drug-likeness (QED) is 0.791. The average Bonchev–Trinajstić information content (AvgIpc) is 2.24. The summed E-state index contributed by atoms with van der Waals surface area (Å²) in [7, 11) is -1.07. The molecule has 0 amide bonds. The molecule has 0 bridgehead atoms. The van der Waals surface area contributed by atoms with Crippen LogP contribution in [0.4, 0.5) is 5.69 Å². The molecule has 0 aliphatic carbocycles. The summed E-state index contributed by atoms with van der Waals surface area (Å²) in [5, 5.41) is 0. The maximum absolute atomic E-state index is 12.0. The summed E-state index contributed by atoms with van der Waals surface area (Å²) in [5.74, 6) is -0.287. The lowest BCUT2D eigenvalue weighted by atomic mass is 10.2. The first-order valence-corrected chi connectivity index (χ1v) is 10.1. The van der Waals surface area contributed by atoms with Gasteiger partial charge in [-0.25, -0.2) is 16.8 Å². The highest BCUT2D eigenvalue weighted by molar-refractivity contribution is 8.13. The van der Waals surface area contributed by atoms with Crippen LogP contribution < -0.4 is 9.46 Å². The van der Waals surface area contributed by atoms with Gasteiger partial charge in [-0.3, -0.25) is 4.72 Å². The van der Waals surface area contributed by atoms with Gasteiger partial charge in [-0.1, -0.05) is 13.8 Å². The molecule has 0 atom stereocenters. The first-order chi connectivity index (χ1) is 9.46. The van der Waals surface area contributed by atoms with Crippen molar-refractivity contribution in [3.63, 3.8) is 0 Å². The summed E-state index contributed by atoms with van der Waals surface area (Å²) in [4.78, 5) is -0.270. The van der Waals surface area contributed by atoms with E-state index < -0.39 is 19.1 Å². The normalized spacial score (nSPS) is 12.5. The van der Waals surface area contributed by atoms with Crippen LogP contribution >= 0.6 is 10.7 Å². The topological polar surface area (TPSA) is 89.5 Å². The Morgan fingerprint density at radius 3 is 2.24 bits per heavy atom. The molecule has 0 spiro atoms. The summed E-state index contributed by atoms with van der Waals surface area (Å²) < 4.78 is 54.5. The van der Waals surface area contributed by atoms with E-state index in [2.05, 4.69) is 4.72 Å². The molecule has 0 heterocycles. The molecule has 0 radical (unpaired) electrons. The van der Waals surface area contributed by atoms with Crippen LogP contribution in [0.25, 0.3) is 0 Å². The van der Waals surface area contributed by atoms with Crippen LogP contribution in [0.5, 0.6) is 5.75 Å². The number of halogens is 1. The van der Waals surface area contributed by atoms with Crippen molar-refractivity contribution < 1.29 is 21.6 Å². The van der Waals surface area contributed by atoms with Crippen molar-refractivity contribution in [2.75, 3.05) is 17.6 Å². The van der Waals surface area contributed by atoms with Crippen LogP contribution in [0.2, 0.25) is 0 Å². The second-order valence-corrected chi connectivity index (χ2v) is 9.36. The molecule has 9 heteroatoms. The van der Waals surface area contributed by atoms with E-state index in [0.29, 0.717) is 5.56 Å². The van der Waals surface area contributed by atoms with Gasteiger partial charge in [0.2, 0.25) is 10.0 Å². The van der Waals surface area contributed by atoms with Gasteiger partial charge in [0.25, 0.3) is 9.05 Å². The second-order valence-electron chi connectivity index (χ2n) is 5.06. The first kappa shape index (κ1) is 18.1. The van der Waals surface area contributed by atoms with Crippen molar-refractivity contribution in [2.24, 2.45) is 5.92 Å². The highest BCUT2D eigenvalue weighted by atomic mass is 35.7. The van der Waals surface area contributed by atoms with Gasteiger partial charge in [0.05, 0.1) is 18.6 Å². The summed E-state index contributed by atoms with van der Waals surface area (Å²) in [6, 6.07) is 2.81. The van der Waals surface area contributed by atoms with Crippen LogP contribution in [0.15, 0.2) is 17.0 Å². The van der Waals surface area contributed by atoms with E-state index in [1.807, 2.05) is 0 Å². The van der Waals surface area contributed by atoms with E-state index >= 15 is 0 Å². The molecule has 120 valence electrons. The number of ether oxygens (including phenoxy) is 1. The Balaban J connectivity index is 3.41. The van der Waals surface area contributed by atoms with Crippen molar-refractivity contribution in [1.82, 2.24) is 0 Å². The van der Waals surface area contributed by atoms with Gasteiger partial charge in [0.15, 0.2) is 5.75 Å². The zero-order chi connectivity index (χ0) is 16.4. The van der Waals surface area contributed by atoms with Gasteiger partial charge in [0.1, 0.15) is 4.90 Å². The molecule has 0 aromatic heterocycles. The number of aryl methyl sites for hydroxylation is 1. The molecule has 21 heavy (non-hydrogen) atoms. The molecule has 0 saturated heterocycles. The van der Waals surface area contributed by atoms with Crippen molar-refractivity contribution in [1.29, 1.82) is 0 Å². The predicted octanol–water partition coefficient (Wildman–Crippen LogP) is 2.33. The number of benzene rings is 1. The average molecular weight is 356 g/mol. The van der Waals surface area contributed by atoms with Crippen molar-refractivity contribution in [2.45, 2.75) is 25.7 Å². The molecule has 1 aromatic carbocycles. The summed E-state index contributed by atoms with van der Waals surface area (Å²) in [6.07, 6.45) is 0. The van der Waals surface area contributed by atoms with Gasteiger partial charge in [0, 0.05) is 10.7 Å². The van der Waals surface area contributed by atoms with Crippen LogP contribution in [-0.2, 0) is 19.1 Å². The molecule has 0 saturated carbocycles. The number of nitrogens with one attached hydrogen (secondary N) is 1. The minimum absolute atomic E-state index is 0.0531. The number of hydrogen-bond acceptors (Lipinski definition) is 5. The number of hydrogen-bond donors (Lipinski definition) is 1. The number of sulfonamides is 1. The first-order valence-electron chi connectivity index (χ1n) is 6.10. The van der Waals surface area contributed by atoms with Crippen molar-refractivity contribution >= 4 is 35.4 Å². The van der Waals surface area contributed by atoms with Gasteiger partial charge < -0.3 is 4.74 Å². The maximum atomic E-state index is 12.0. The largest absolute Gasteiger partial charge is 0.493 e. The fourth-order valence-corrected chi connectivity index (χ4v) is 4.39. The Bertz CT molecular complexity index is 726. The van der Waals surface area contributed by atoms with Gasteiger partial charge in [-0.2, -0.15) is 0 Å². The summed E-state index contributed by atoms with van der Waals surface area (Å²) in [5.41, 5.74) is 0.592. The highest BCUT2D eigenvalue weighted by Gasteiger charge is 2.23. The molecule has 0 unspecified atom stereocenters. The van der Waals surface area contributed by atoms with Gasteiger partial charge in [-0.05, 0) is 30.5 Å². The van der Waals surface area contributed by atoms with Gasteiger partial charge >= 0.3 is 0 Å². The molecule has 1 aromatic rings. The third-order valence-electron chi connectivity index (χ3n) is 2.48. The van der Waals surface area contributed by atoms with Crippen LogP contribution in [0.3, 0.4) is 0 Å². The minimum Gasteiger partial charge on any atom is -0.493 e. The minimum atomic E-state index is -4.06. The molecule has 0 aliphatic rings. The second kappa shape index (κ2) is 6.41. The zero-order valence-corrected chi connectivity index (χ0v) is 14.6.